The average molecular weight is 195 g/mol. The molecule has 2 rings (SSSR count). The first-order chi connectivity index (χ1) is 6.34. The van der Waals surface area contributed by atoms with Crippen LogP contribution in [0.25, 0.3) is 0 Å². The highest BCUT2D eigenvalue weighted by molar-refractivity contribution is 6.30. The van der Waals surface area contributed by atoms with Crippen molar-refractivity contribution in [3.05, 3.63) is 47.1 Å². The van der Waals surface area contributed by atoms with Gasteiger partial charge in [0, 0.05) is 5.02 Å². The predicted octanol–water partition coefficient (Wildman–Crippen LogP) is 2.31. The van der Waals surface area contributed by atoms with Crippen molar-refractivity contribution in [2.45, 2.75) is 6.42 Å². The lowest BCUT2D eigenvalue weighted by Gasteiger charge is -1.95. The van der Waals surface area contributed by atoms with Crippen LogP contribution >= 0.6 is 11.6 Å². The summed E-state index contributed by atoms with van der Waals surface area (Å²) >= 11 is 5.74. The zero-order valence-corrected chi connectivity index (χ0v) is 7.53. The summed E-state index contributed by atoms with van der Waals surface area (Å²) in [5.41, 5.74) is 1.11. The van der Waals surface area contributed by atoms with E-state index in [-0.39, 0.29) is 0 Å². The van der Waals surface area contributed by atoms with E-state index in [0.717, 1.165) is 10.6 Å². The summed E-state index contributed by atoms with van der Waals surface area (Å²) in [6.07, 6.45) is 2.04. The summed E-state index contributed by atoms with van der Waals surface area (Å²) in [6, 6.07) is 7.56. The topological polar surface area (TPSA) is 38.9 Å². The number of hydrogen-bond donors (Lipinski definition) is 0. The fourth-order valence-corrected chi connectivity index (χ4v) is 1.18. The van der Waals surface area contributed by atoms with Crippen molar-refractivity contribution in [3.63, 3.8) is 0 Å². The maximum Gasteiger partial charge on any atom is 0.230 e. The molecular formula is C9H7ClN2O. The van der Waals surface area contributed by atoms with Crippen LogP contribution in [0.4, 0.5) is 0 Å². The molecule has 1 aromatic carbocycles. The fourth-order valence-electron chi connectivity index (χ4n) is 1.05. The van der Waals surface area contributed by atoms with E-state index in [1.807, 2.05) is 24.3 Å². The third-order valence-corrected chi connectivity index (χ3v) is 1.93. The quantitative estimate of drug-likeness (QED) is 0.737. The molecule has 0 radical (unpaired) electrons. The molecule has 4 heteroatoms. The molecule has 0 fully saturated rings. The Kier molecular flexibility index (Phi) is 2.27. The Bertz CT molecular complexity index is 369. The Balaban J connectivity index is 2.15. The molecule has 0 aliphatic carbocycles. The van der Waals surface area contributed by atoms with Crippen molar-refractivity contribution in [1.29, 1.82) is 0 Å². The van der Waals surface area contributed by atoms with Crippen LogP contribution in [0.2, 0.25) is 5.02 Å². The van der Waals surface area contributed by atoms with Gasteiger partial charge in [-0.05, 0) is 17.7 Å². The summed E-state index contributed by atoms with van der Waals surface area (Å²) in [4.78, 5) is 3.92. The summed E-state index contributed by atoms with van der Waals surface area (Å²) in [5, 5.41) is 4.25. The minimum atomic E-state index is 0.613. The molecular weight excluding hydrogens is 188 g/mol. The number of benzene rings is 1. The average Bonchev–Trinajstić information content (AvgIpc) is 2.62. The molecule has 0 saturated heterocycles. The first-order valence-electron chi connectivity index (χ1n) is 3.84. The molecule has 13 heavy (non-hydrogen) atoms. The Morgan fingerprint density at radius 2 is 2.00 bits per heavy atom. The van der Waals surface area contributed by atoms with Gasteiger partial charge in [-0.25, -0.2) is 0 Å². The van der Waals surface area contributed by atoms with Crippen LogP contribution in [0.1, 0.15) is 11.5 Å². The van der Waals surface area contributed by atoms with E-state index in [0.29, 0.717) is 12.3 Å². The van der Waals surface area contributed by atoms with Gasteiger partial charge in [-0.3, -0.25) is 0 Å². The van der Waals surface area contributed by atoms with Gasteiger partial charge in [-0.2, -0.15) is 4.98 Å². The number of halogens is 1. The van der Waals surface area contributed by atoms with Crippen LogP contribution in [0.3, 0.4) is 0 Å². The molecule has 0 saturated carbocycles. The normalized spacial score (nSPS) is 10.2. The predicted molar refractivity (Wildman–Crippen MR) is 48.6 cm³/mol. The molecule has 2 aromatic rings. The molecule has 0 bridgehead atoms. The zero-order valence-electron chi connectivity index (χ0n) is 6.77. The number of rotatable bonds is 2. The fraction of sp³-hybridized carbons (Fsp3) is 0.111. The number of hydrogen-bond acceptors (Lipinski definition) is 3. The highest BCUT2D eigenvalue weighted by Crippen LogP contribution is 2.11. The van der Waals surface area contributed by atoms with Gasteiger partial charge in [-0.15, -0.1) is 0 Å². The second kappa shape index (κ2) is 3.58. The van der Waals surface area contributed by atoms with Crippen molar-refractivity contribution in [2.24, 2.45) is 0 Å². The SMILES string of the molecule is Clc1ccc(Cc2ncno2)cc1. The van der Waals surface area contributed by atoms with Gasteiger partial charge in [0.2, 0.25) is 5.89 Å². The van der Waals surface area contributed by atoms with Gasteiger partial charge < -0.3 is 4.52 Å². The van der Waals surface area contributed by atoms with Crippen LogP contribution in [0.5, 0.6) is 0 Å². The molecule has 3 nitrogen and oxygen atoms in total. The van der Waals surface area contributed by atoms with Gasteiger partial charge in [0.15, 0.2) is 6.33 Å². The van der Waals surface area contributed by atoms with E-state index in [4.69, 9.17) is 16.1 Å². The van der Waals surface area contributed by atoms with E-state index in [1.165, 1.54) is 6.33 Å². The van der Waals surface area contributed by atoms with Gasteiger partial charge in [0.1, 0.15) is 0 Å². The third kappa shape index (κ3) is 2.06. The largest absolute Gasteiger partial charge is 0.339 e. The summed E-state index contributed by atoms with van der Waals surface area (Å²) in [6.45, 7) is 0. The molecule has 1 aromatic heterocycles. The third-order valence-electron chi connectivity index (χ3n) is 1.68. The lowest BCUT2D eigenvalue weighted by molar-refractivity contribution is 0.384. The molecule has 1 heterocycles. The summed E-state index contributed by atoms with van der Waals surface area (Å²) in [5.74, 6) is 0.613. The monoisotopic (exact) mass is 194 g/mol. The van der Waals surface area contributed by atoms with E-state index in [1.54, 1.807) is 0 Å². The minimum absolute atomic E-state index is 0.613. The Morgan fingerprint density at radius 3 is 2.62 bits per heavy atom. The van der Waals surface area contributed by atoms with Crippen LogP contribution in [-0.4, -0.2) is 10.1 Å². The van der Waals surface area contributed by atoms with E-state index >= 15 is 0 Å². The van der Waals surface area contributed by atoms with Crippen molar-refractivity contribution in [2.75, 3.05) is 0 Å². The van der Waals surface area contributed by atoms with Gasteiger partial charge in [-0.1, -0.05) is 28.9 Å². The minimum Gasteiger partial charge on any atom is -0.339 e. The van der Waals surface area contributed by atoms with Gasteiger partial charge >= 0.3 is 0 Å². The number of nitrogens with zero attached hydrogens (tertiary/aromatic N) is 2. The van der Waals surface area contributed by atoms with Crippen LogP contribution in [0, 0.1) is 0 Å². The first kappa shape index (κ1) is 8.26. The molecule has 0 atom stereocenters. The summed E-state index contributed by atoms with van der Waals surface area (Å²) < 4.78 is 4.87. The van der Waals surface area contributed by atoms with E-state index in [2.05, 4.69) is 10.1 Å². The van der Waals surface area contributed by atoms with Gasteiger partial charge in [0.25, 0.3) is 0 Å². The Hall–Kier alpha value is -1.35. The second-order valence-electron chi connectivity index (χ2n) is 2.64. The molecule has 0 unspecified atom stereocenters. The zero-order chi connectivity index (χ0) is 9.10. The van der Waals surface area contributed by atoms with Crippen molar-refractivity contribution >= 4 is 11.6 Å². The lowest BCUT2D eigenvalue weighted by atomic mass is 10.1. The second-order valence-corrected chi connectivity index (χ2v) is 3.07. The van der Waals surface area contributed by atoms with E-state index < -0.39 is 0 Å². The molecule has 0 aliphatic heterocycles. The van der Waals surface area contributed by atoms with Crippen molar-refractivity contribution < 1.29 is 4.52 Å². The first-order valence-corrected chi connectivity index (χ1v) is 4.22. The molecule has 0 N–H and O–H groups in total. The van der Waals surface area contributed by atoms with E-state index in [9.17, 15) is 0 Å². The van der Waals surface area contributed by atoms with Gasteiger partial charge in [0.05, 0.1) is 6.42 Å². The summed E-state index contributed by atoms with van der Waals surface area (Å²) in [7, 11) is 0. The smallest absolute Gasteiger partial charge is 0.230 e. The van der Waals surface area contributed by atoms with Crippen LogP contribution in [0.15, 0.2) is 35.1 Å². The van der Waals surface area contributed by atoms with Crippen LogP contribution in [-0.2, 0) is 6.42 Å². The molecule has 0 aliphatic rings. The Morgan fingerprint density at radius 1 is 1.23 bits per heavy atom. The standard InChI is InChI=1S/C9H7ClN2O/c10-8-3-1-7(2-4-8)5-9-11-6-12-13-9/h1-4,6H,5H2. The molecule has 0 amide bonds. The van der Waals surface area contributed by atoms with Crippen molar-refractivity contribution in [3.8, 4) is 0 Å². The highest BCUT2D eigenvalue weighted by Gasteiger charge is 2.00. The lowest BCUT2D eigenvalue weighted by Crippen LogP contribution is -1.86. The number of aromatic nitrogens is 2. The van der Waals surface area contributed by atoms with Crippen molar-refractivity contribution in [1.82, 2.24) is 10.1 Å². The molecule has 0 spiro atoms. The maximum absolute atomic E-state index is 5.74. The highest BCUT2D eigenvalue weighted by atomic mass is 35.5. The maximum atomic E-state index is 5.74. The van der Waals surface area contributed by atoms with Crippen LogP contribution < -0.4 is 0 Å². The Labute approximate surface area is 80.3 Å². The molecule has 66 valence electrons.